The maximum atomic E-state index is 11.9. The molecule has 106 valence electrons. The van der Waals surface area contributed by atoms with Crippen LogP contribution in [-0.2, 0) is 10.0 Å². The molecule has 0 aliphatic carbocycles. The van der Waals surface area contributed by atoms with E-state index in [0.717, 1.165) is 23.5 Å². The highest BCUT2D eigenvalue weighted by Crippen LogP contribution is 2.29. The molecule has 1 aromatic heterocycles. The standard InChI is InChI=1S/C13H21N3O2S/c1-4-19(17,18)16-6-5-11(9-16)13-8-12(14-3)7-10(2)15-13/h7-8,11H,4-6,9H2,1-3H3,(H,14,15)/t11-/m1/s1. The first-order valence-corrected chi connectivity index (χ1v) is 8.21. The van der Waals surface area contributed by atoms with Gasteiger partial charge in [-0.25, -0.2) is 12.7 Å². The first kappa shape index (κ1) is 14.3. The monoisotopic (exact) mass is 283 g/mol. The largest absolute Gasteiger partial charge is 0.388 e. The molecule has 19 heavy (non-hydrogen) atoms. The van der Waals surface area contributed by atoms with E-state index in [1.54, 1.807) is 11.2 Å². The smallest absolute Gasteiger partial charge is 0.213 e. The average molecular weight is 283 g/mol. The van der Waals surface area contributed by atoms with E-state index >= 15 is 0 Å². The summed E-state index contributed by atoms with van der Waals surface area (Å²) in [6, 6.07) is 4.00. The minimum Gasteiger partial charge on any atom is -0.388 e. The van der Waals surface area contributed by atoms with Crippen LogP contribution in [0.5, 0.6) is 0 Å². The molecule has 0 amide bonds. The van der Waals surface area contributed by atoms with Crippen molar-refractivity contribution in [2.75, 3.05) is 31.2 Å². The maximum Gasteiger partial charge on any atom is 0.213 e. The first-order chi connectivity index (χ1) is 8.96. The summed E-state index contributed by atoms with van der Waals surface area (Å²) < 4.78 is 25.3. The van der Waals surface area contributed by atoms with Gasteiger partial charge in [0, 0.05) is 43.1 Å². The van der Waals surface area contributed by atoms with Crippen LogP contribution < -0.4 is 5.32 Å². The molecule has 1 aromatic rings. The molecule has 2 heterocycles. The summed E-state index contributed by atoms with van der Waals surface area (Å²) in [7, 11) is -1.20. The highest BCUT2D eigenvalue weighted by molar-refractivity contribution is 7.89. The van der Waals surface area contributed by atoms with Crippen LogP contribution >= 0.6 is 0 Å². The fourth-order valence-electron chi connectivity index (χ4n) is 2.45. The third-order valence-corrected chi connectivity index (χ3v) is 5.44. The number of aromatic nitrogens is 1. The van der Waals surface area contributed by atoms with Gasteiger partial charge in [0.25, 0.3) is 0 Å². The highest BCUT2D eigenvalue weighted by atomic mass is 32.2. The Morgan fingerprint density at radius 1 is 1.47 bits per heavy atom. The van der Waals surface area contributed by atoms with Crippen molar-refractivity contribution in [1.82, 2.24) is 9.29 Å². The zero-order chi connectivity index (χ0) is 14.0. The quantitative estimate of drug-likeness (QED) is 0.911. The van der Waals surface area contributed by atoms with Crippen molar-refractivity contribution in [2.45, 2.75) is 26.2 Å². The fraction of sp³-hybridized carbons (Fsp3) is 0.615. The maximum absolute atomic E-state index is 11.9. The van der Waals surface area contributed by atoms with Crippen LogP contribution in [0.1, 0.15) is 30.7 Å². The van der Waals surface area contributed by atoms with Crippen LogP contribution in [0.3, 0.4) is 0 Å². The molecule has 0 radical (unpaired) electrons. The van der Waals surface area contributed by atoms with Crippen molar-refractivity contribution in [3.05, 3.63) is 23.5 Å². The van der Waals surface area contributed by atoms with Gasteiger partial charge in [0.2, 0.25) is 10.0 Å². The summed E-state index contributed by atoms with van der Waals surface area (Å²) in [4.78, 5) is 4.54. The second-order valence-corrected chi connectivity index (χ2v) is 7.17. The van der Waals surface area contributed by atoms with Crippen molar-refractivity contribution < 1.29 is 8.42 Å². The highest BCUT2D eigenvalue weighted by Gasteiger charge is 2.31. The second kappa shape index (κ2) is 5.46. The van der Waals surface area contributed by atoms with Crippen molar-refractivity contribution in [3.63, 3.8) is 0 Å². The Labute approximate surface area is 115 Å². The molecule has 0 unspecified atom stereocenters. The number of hydrogen-bond donors (Lipinski definition) is 1. The van der Waals surface area contributed by atoms with E-state index in [4.69, 9.17) is 0 Å². The number of aryl methyl sites for hydroxylation is 1. The Balaban J connectivity index is 2.19. The number of rotatable bonds is 4. The molecule has 1 saturated heterocycles. The van der Waals surface area contributed by atoms with Crippen LogP contribution in [-0.4, -0.2) is 43.6 Å². The van der Waals surface area contributed by atoms with Gasteiger partial charge in [-0.1, -0.05) is 0 Å². The number of sulfonamides is 1. The Hall–Kier alpha value is -1.14. The van der Waals surface area contributed by atoms with E-state index < -0.39 is 10.0 Å². The second-order valence-electron chi connectivity index (χ2n) is 4.92. The fourth-order valence-corrected chi connectivity index (χ4v) is 3.61. The van der Waals surface area contributed by atoms with Crippen molar-refractivity contribution >= 4 is 15.7 Å². The minimum absolute atomic E-state index is 0.169. The number of pyridine rings is 1. The van der Waals surface area contributed by atoms with Crippen LogP contribution in [0.2, 0.25) is 0 Å². The van der Waals surface area contributed by atoms with Crippen molar-refractivity contribution in [3.8, 4) is 0 Å². The molecule has 6 heteroatoms. The van der Waals surface area contributed by atoms with Gasteiger partial charge < -0.3 is 5.32 Å². The summed E-state index contributed by atoms with van der Waals surface area (Å²) >= 11 is 0. The van der Waals surface area contributed by atoms with E-state index in [1.807, 2.05) is 26.1 Å². The Kier molecular flexibility index (Phi) is 4.10. The molecule has 1 atom stereocenters. The van der Waals surface area contributed by atoms with Crippen LogP contribution in [0.15, 0.2) is 12.1 Å². The van der Waals surface area contributed by atoms with E-state index in [9.17, 15) is 8.42 Å². The molecule has 0 spiro atoms. The molecular weight excluding hydrogens is 262 g/mol. The lowest BCUT2D eigenvalue weighted by Gasteiger charge is -2.15. The molecule has 1 fully saturated rings. The van der Waals surface area contributed by atoms with Crippen molar-refractivity contribution in [2.24, 2.45) is 0 Å². The van der Waals surface area contributed by atoms with Gasteiger partial charge in [0.05, 0.1) is 5.75 Å². The van der Waals surface area contributed by atoms with E-state index in [1.165, 1.54) is 0 Å². The lowest BCUT2D eigenvalue weighted by Crippen LogP contribution is -2.30. The number of hydrogen-bond acceptors (Lipinski definition) is 4. The topological polar surface area (TPSA) is 62.3 Å². The third kappa shape index (κ3) is 3.06. The van der Waals surface area contributed by atoms with E-state index in [2.05, 4.69) is 10.3 Å². The van der Waals surface area contributed by atoms with E-state index in [0.29, 0.717) is 13.1 Å². The predicted molar refractivity (Wildman–Crippen MR) is 76.9 cm³/mol. The lowest BCUT2D eigenvalue weighted by atomic mass is 10.0. The molecule has 1 aliphatic heterocycles. The average Bonchev–Trinajstić information content (AvgIpc) is 2.88. The van der Waals surface area contributed by atoms with Crippen molar-refractivity contribution in [1.29, 1.82) is 0 Å². The Morgan fingerprint density at radius 3 is 2.84 bits per heavy atom. The summed E-state index contributed by atoms with van der Waals surface area (Å²) in [5, 5.41) is 3.11. The minimum atomic E-state index is -3.07. The number of anilines is 1. The molecule has 0 aromatic carbocycles. The number of nitrogens with zero attached hydrogens (tertiary/aromatic N) is 2. The molecule has 2 rings (SSSR count). The molecule has 1 aliphatic rings. The van der Waals surface area contributed by atoms with Gasteiger partial charge in [-0.05, 0) is 32.4 Å². The number of nitrogens with one attached hydrogen (secondary N) is 1. The predicted octanol–water partition coefficient (Wildman–Crippen LogP) is 1.57. The van der Waals surface area contributed by atoms with Gasteiger partial charge >= 0.3 is 0 Å². The molecule has 5 nitrogen and oxygen atoms in total. The zero-order valence-electron chi connectivity index (χ0n) is 11.7. The van der Waals surface area contributed by atoms with Gasteiger partial charge in [0.1, 0.15) is 0 Å². The van der Waals surface area contributed by atoms with Gasteiger partial charge in [0.15, 0.2) is 0 Å². The normalized spacial score (nSPS) is 20.7. The Bertz CT molecular complexity index is 557. The molecular formula is C13H21N3O2S. The zero-order valence-corrected chi connectivity index (χ0v) is 12.5. The summed E-state index contributed by atoms with van der Waals surface area (Å²) in [6.07, 6.45) is 0.846. The van der Waals surface area contributed by atoms with Gasteiger partial charge in [-0.3, -0.25) is 4.98 Å². The van der Waals surface area contributed by atoms with Gasteiger partial charge in [-0.2, -0.15) is 0 Å². The summed E-state index contributed by atoms with van der Waals surface area (Å²) in [6.45, 7) is 4.80. The lowest BCUT2D eigenvalue weighted by molar-refractivity contribution is 0.473. The molecule has 0 saturated carbocycles. The Morgan fingerprint density at radius 2 is 2.21 bits per heavy atom. The first-order valence-electron chi connectivity index (χ1n) is 6.60. The summed E-state index contributed by atoms with van der Waals surface area (Å²) in [5.74, 6) is 0.372. The molecule has 0 bridgehead atoms. The van der Waals surface area contributed by atoms with Crippen LogP contribution in [0, 0.1) is 6.92 Å². The van der Waals surface area contributed by atoms with E-state index in [-0.39, 0.29) is 11.7 Å². The van der Waals surface area contributed by atoms with Crippen LogP contribution in [0.25, 0.3) is 0 Å². The molecule has 1 N–H and O–H groups in total. The summed E-state index contributed by atoms with van der Waals surface area (Å²) in [5.41, 5.74) is 2.97. The van der Waals surface area contributed by atoms with Crippen LogP contribution in [0.4, 0.5) is 5.69 Å². The SMILES string of the molecule is CCS(=O)(=O)N1CC[C@@H](c2cc(NC)cc(C)n2)C1. The van der Waals surface area contributed by atoms with Gasteiger partial charge in [-0.15, -0.1) is 0 Å². The third-order valence-electron chi connectivity index (χ3n) is 3.59.